The maximum Gasteiger partial charge on any atom is 0.118 e. The van der Waals surface area contributed by atoms with E-state index in [0.29, 0.717) is 0 Å². The van der Waals surface area contributed by atoms with Crippen LogP contribution in [0.2, 0.25) is 0 Å². The van der Waals surface area contributed by atoms with Crippen molar-refractivity contribution in [3.8, 4) is 0 Å². The van der Waals surface area contributed by atoms with Gasteiger partial charge in [0.05, 0.1) is 13.2 Å². The van der Waals surface area contributed by atoms with Gasteiger partial charge in [-0.2, -0.15) is 0 Å². The molecule has 1 unspecified atom stereocenters. The average molecular weight is 273 g/mol. The summed E-state index contributed by atoms with van der Waals surface area (Å²) in [6.07, 6.45) is 0. The SMILES string of the molecule is Cc1ccc(CN(C)CC(C)(CO)c2ccccc2)o1. The predicted molar refractivity (Wildman–Crippen MR) is 80.7 cm³/mol. The first-order chi connectivity index (χ1) is 9.53. The van der Waals surface area contributed by atoms with E-state index < -0.39 is 0 Å². The molecule has 0 fully saturated rings. The topological polar surface area (TPSA) is 36.6 Å². The molecule has 1 atom stereocenters. The van der Waals surface area contributed by atoms with Crippen LogP contribution in [-0.4, -0.2) is 30.2 Å². The lowest BCUT2D eigenvalue weighted by Gasteiger charge is -2.32. The summed E-state index contributed by atoms with van der Waals surface area (Å²) in [5.74, 6) is 1.89. The maximum atomic E-state index is 9.81. The minimum absolute atomic E-state index is 0.124. The molecular formula is C17H23NO2. The monoisotopic (exact) mass is 273 g/mol. The largest absolute Gasteiger partial charge is 0.465 e. The third-order valence-electron chi connectivity index (χ3n) is 3.66. The Morgan fingerprint density at radius 1 is 1.15 bits per heavy atom. The molecule has 3 heteroatoms. The molecule has 0 aliphatic carbocycles. The molecule has 0 aliphatic heterocycles. The number of likely N-dealkylation sites (N-methyl/N-ethyl adjacent to an activating group) is 1. The second-order valence-electron chi connectivity index (χ2n) is 5.77. The summed E-state index contributed by atoms with van der Waals surface area (Å²) in [5.41, 5.74) is 0.891. The molecule has 2 rings (SSSR count). The van der Waals surface area contributed by atoms with Gasteiger partial charge in [0.15, 0.2) is 0 Å². The van der Waals surface area contributed by atoms with Crippen LogP contribution in [0.1, 0.15) is 24.0 Å². The third-order valence-corrected chi connectivity index (χ3v) is 3.66. The number of rotatable bonds is 6. The van der Waals surface area contributed by atoms with Gasteiger partial charge in [-0.15, -0.1) is 0 Å². The number of hydrogen-bond donors (Lipinski definition) is 1. The fourth-order valence-electron chi connectivity index (χ4n) is 2.56. The molecule has 0 bridgehead atoms. The van der Waals surface area contributed by atoms with E-state index in [0.717, 1.165) is 30.2 Å². The molecule has 0 amide bonds. The highest BCUT2D eigenvalue weighted by atomic mass is 16.3. The Bertz CT molecular complexity index is 535. The van der Waals surface area contributed by atoms with Gasteiger partial charge in [-0.25, -0.2) is 0 Å². The highest BCUT2D eigenvalue weighted by Crippen LogP contribution is 2.24. The summed E-state index contributed by atoms with van der Waals surface area (Å²) < 4.78 is 5.60. The second-order valence-corrected chi connectivity index (χ2v) is 5.77. The molecule has 1 N–H and O–H groups in total. The van der Waals surface area contributed by atoms with E-state index in [1.807, 2.05) is 37.3 Å². The van der Waals surface area contributed by atoms with Crippen LogP contribution >= 0.6 is 0 Å². The predicted octanol–water partition coefficient (Wildman–Crippen LogP) is 2.97. The van der Waals surface area contributed by atoms with Crippen molar-refractivity contribution in [3.63, 3.8) is 0 Å². The van der Waals surface area contributed by atoms with E-state index in [4.69, 9.17) is 4.42 Å². The zero-order chi connectivity index (χ0) is 14.6. The van der Waals surface area contributed by atoms with Crippen LogP contribution < -0.4 is 0 Å². The quantitative estimate of drug-likeness (QED) is 0.879. The molecule has 0 aliphatic rings. The fraction of sp³-hybridized carbons (Fsp3) is 0.412. The molecule has 108 valence electrons. The van der Waals surface area contributed by atoms with E-state index in [2.05, 4.69) is 31.0 Å². The Morgan fingerprint density at radius 2 is 1.85 bits per heavy atom. The van der Waals surface area contributed by atoms with E-state index in [1.54, 1.807) is 0 Å². The third kappa shape index (κ3) is 3.50. The van der Waals surface area contributed by atoms with Crippen LogP contribution in [0.15, 0.2) is 46.9 Å². The Hall–Kier alpha value is -1.58. The number of nitrogens with zero attached hydrogens (tertiary/aromatic N) is 1. The van der Waals surface area contributed by atoms with Gasteiger partial charge >= 0.3 is 0 Å². The molecule has 0 spiro atoms. The average Bonchev–Trinajstić information content (AvgIpc) is 2.84. The minimum Gasteiger partial charge on any atom is -0.465 e. The van der Waals surface area contributed by atoms with Crippen LogP contribution in [-0.2, 0) is 12.0 Å². The van der Waals surface area contributed by atoms with Crippen molar-refractivity contribution < 1.29 is 9.52 Å². The Balaban J connectivity index is 2.06. The zero-order valence-corrected chi connectivity index (χ0v) is 12.5. The van der Waals surface area contributed by atoms with Gasteiger partial charge in [-0.3, -0.25) is 4.90 Å². The highest BCUT2D eigenvalue weighted by Gasteiger charge is 2.27. The molecule has 0 saturated heterocycles. The van der Waals surface area contributed by atoms with Gasteiger partial charge in [0, 0.05) is 12.0 Å². The van der Waals surface area contributed by atoms with E-state index in [1.165, 1.54) is 0 Å². The number of hydrogen-bond acceptors (Lipinski definition) is 3. The summed E-state index contributed by atoms with van der Waals surface area (Å²) in [6, 6.07) is 14.1. The first-order valence-corrected chi connectivity index (χ1v) is 6.94. The fourth-order valence-corrected chi connectivity index (χ4v) is 2.56. The summed E-state index contributed by atoms with van der Waals surface area (Å²) >= 11 is 0. The lowest BCUT2D eigenvalue weighted by molar-refractivity contribution is 0.151. The maximum absolute atomic E-state index is 9.81. The first kappa shape index (κ1) is 14.8. The standard InChI is InChI=1S/C17H23NO2/c1-14-9-10-16(20-14)11-18(3)12-17(2,13-19)15-7-5-4-6-8-15/h4-10,19H,11-13H2,1-3H3. The van der Waals surface area contributed by atoms with Crippen LogP contribution in [0.3, 0.4) is 0 Å². The van der Waals surface area contributed by atoms with E-state index in [-0.39, 0.29) is 12.0 Å². The number of aryl methyl sites for hydroxylation is 1. The molecular weight excluding hydrogens is 250 g/mol. The lowest BCUT2D eigenvalue weighted by Crippen LogP contribution is -2.39. The van der Waals surface area contributed by atoms with E-state index in [9.17, 15) is 5.11 Å². The molecule has 2 aromatic rings. The van der Waals surface area contributed by atoms with Gasteiger partial charge in [-0.1, -0.05) is 37.3 Å². The number of furan rings is 1. The van der Waals surface area contributed by atoms with Crippen LogP contribution in [0.5, 0.6) is 0 Å². The van der Waals surface area contributed by atoms with Gasteiger partial charge in [0.1, 0.15) is 11.5 Å². The van der Waals surface area contributed by atoms with Crippen molar-refractivity contribution in [3.05, 3.63) is 59.5 Å². The number of benzene rings is 1. The van der Waals surface area contributed by atoms with Gasteiger partial charge in [0.25, 0.3) is 0 Å². The molecule has 3 nitrogen and oxygen atoms in total. The van der Waals surface area contributed by atoms with E-state index >= 15 is 0 Å². The van der Waals surface area contributed by atoms with Crippen molar-refractivity contribution >= 4 is 0 Å². The molecule has 1 aromatic heterocycles. The Kier molecular flexibility index (Phi) is 4.63. The summed E-state index contributed by atoms with van der Waals surface area (Å²) in [6.45, 7) is 5.68. The van der Waals surface area contributed by atoms with Gasteiger partial charge in [-0.05, 0) is 31.7 Å². The number of aliphatic hydroxyl groups excluding tert-OH is 1. The number of aliphatic hydroxyl groups is 1. The van der Waals surface area contributed by atoms with Crippen LogP contribution in [0, 0.1) is 6.92 Å². The normalized spacial score (nSPS) is 14.4. The summed E-state index contributed by atoms with van der Waals surface area (Å²) in [5, 5.41) is 9.81. The highest BCUT2D eigenvalue weighted by molar-refractivity contribution is 5.25. The summed E-state index contributed by atoms with van der Waals surface area (Å²) in [4.78, 5) is 2.18. The first-order valence-electron chi connectivity index (χ1n) is 6.94. The van der Waals surface area contributed by atoms with Crippen LogP contribution in [0.25, 0.3) is 0 Å². The van der Waals surface area contributed by atoms with Crippen molar-refractivity contribution in [2.24, 2.45) is 0 Å². The van der Waals surface area contributed by atoms with Gasteiger partial charge < -0.3 is 9.52 Å². The molecule has 1 aromatic carbocycles. The molecule has 20 heavy (non-hydrogen) atoms. The minimum atomic E-state index is -0.266. The summed E-state index contributed by atoms with van der Waals surface area (Å²) in [7, 11) is 2.05. The van der Waals surface area contributed by atoms with Crippen molar-refractivity contribution in [1.82, 2.24) is 4.90 Å². The zero-order valence-electron chi connectivity index (χ0n) is 12.5. The Morgan fingerprint density at radius 3 is 2.40 bits per heavy atom. The smallest absolute Gasteiger partial charge is 0.118 e. The van der Waals surface area contributed by atoms with Gasteiger partial charge in [0.2, 0.25) is 0 Å². The molecule has 0 saturated carbocycles. The Labute approximate surface area is 120 Å². The molecule has 1 heterocycles. The van der Waals surface area contributed by atoms with Crippen molar-refractivity contribution in [2.75, 3.05) is 20.2 Å². The van der Waals surface area contributed by atoms with Crippen molar-refractivity contribution in [2.45, 2.75) is 25.8 Å². The second kappa shape index (κ2) is 6.25. The van der Waals surface area contributed by atoms with Crippen molar-refractivity contribution in [1.29, 1.82) is 0 Å². The molecule has 0 radical (unpaired) electrons. The van der Waals surface area contributed by atoms with Crippen LogP contribution in [0.4, 0.5) is 0 Å². The lowest BCUT2D eigenvalue weighted by atomic mass is 9.83.